The van der Waals surface area contributed by atoms with Crippen molar-refractivity contribution in [3.63, 3.8) is 0 Å². The first kappa shape index (κ1) is 13.7. The monoisotopic (exact) mass is 275 g/mol. The lowest BCUT2D eigenvalue weighted by Crippen LogP contribution is -2.49. The lowest BCUT2D eigenvalue weighted by atomic mass is 9.81. The second-order valence-electron chi connectivity index (χ2n) is 5.76. The zero-order chi connectivity index (χ0) is 13.9. The van der Waals surface area contributed by atoms with E-state index in [0.717, 1.165) is 18.1 Å². The minimum atomic E-state index is 0.526. The molecule has 0 spiro atoms. The summed E-state index contributed by atoms with van der Waals surface area (Å²) >= 11 is 0. The minimum Gasteiger partial charge on any atom is -0.493 e. The normalized spacial score (nSPS) is 25.5. The lowest BCUT2D eigenvalue weighted by molar-refractivity contribution is 0.0643. The van der Waals surface area contributed by atoms with Crippen molar-refractivity contribution < 1.29 is 9.47 Å². The molecule has 3 rings (SSSR count). The van der Waals surface area contributed by atoms with E-state index in [1.807, 2.05) is 13.0 Å². The molecule has 0 bridgehead atoms. The fourth-order valence-corrected chi connectivity index (χ4v) is 3.72. The number of hydrogen-bond acceptors (Lipinski definition) is 3. The highest BCUT2D eigenvalue weighted by Gasteiger charge is 2.38. The number of benzene rings is 1. The van der Waals surface area contributed by atoms with Crippen molar-refractivity contribution in [3.8, 4) is 11.5 Å². The molecule has 0 N–H and O–H groups in total. The highest BCUT2D eigenvalue weighted by atomic mass is 16.5. The summed E-state index contributed by atoms with van der Waals surface area (Å²) in [5.41, 5.74) is 1.31. The summed E-state index contributed by atoms with van der Waals surface area (Å²) in [5, 5.41) is 0. The standard InChI is InChI=1S/C17H25NO2/c1-3-10-18-11-6-7-13-14(18)12-20-16-9-5-8-15(17(13)16)19-4-2/h5,8-9,13-14H,3-4,6-7,10-12H2,1-2H3/t13-,14+/m1/s1. The summed E-state index contributed by atoms with van der Waals surface area (Å²) in [7, 11) is 0. The van der Waals surface area contributed by atoms with E-state index in [-0.39, 0.29) is 0 Å². The number of rotatable bonds is 4. The molecule has 1 fully saturated rings. The molecule has 0 unspecified atom stereocenters. The molecular weight excluding hydrogens is 250 g/mol. The molecule has 3 nitrogen and oxygen atoms in total. The number of likely N-dealkylation sites (tertiary alicyclic amines) is 1. The molecule has 0 aliphatic carbocycles. The summed E-state index contributed by atoms with van der Waals surface area (Å²) < 4.78 is 11.9. The van der Waals surface area contributed by atoms with Crippen molar-refractivity contribution in [2.45, 2.75) is 45.1 Å². The number of nitrogens with zero attached hydrogens (tertiary/aromatic N) is 1. The van der Waals surface area contributed by atoms with Crippen molar-refractivity contribution in [3.05, 3.63) is 23.8 Å². The Morgan fingerprint density at radius 1 is 1.35 bits per heavy atom. The highest BCUT2D eigenvalue weighted by molar-refractivity contribution is 5.49. The van der Waals surface area contributed by atoms with Crippen LogP contribution >= 0.6 is 0 Å². The molecule has 3 heteroatoms. The van der Waals surface area contributed by atoms with Crippen LogP contribution < -0.4 is 9.47 Å². The second-order valence-corrected chi connectivity index (χ2v) is 5.76. The number of piperidine rings is 1. The van der Waals surface area contributed by atoms with Crippen LogP contribution in [0.5, 0.6) is 11.5 Å². The van der Waals surface area contributed by atoms with Crippen molar-refractivity contribution in [1.29, 1.82) is 0 Å². The van der Waals surface area contributed by atoms with Gasteiger partial charge in [-0.15, -0.1) is 0 Å². The molecular formula is C17H25NO2. The molecule has 2 heterocycles. The average molecular weight is 275 g/mol. The summed E-state index contributed by atoms with van der Waals surface area (Å²) in [6, 6.07) is 6.74. The SMILES string of the molecule is CCCN1CCC[C@H]2c3c(OCC)cccc3OC[C@@H]21. The van der Waals surface area contributed by atoms with Crippen molar-refractivity contribution in [1.82, 2.24) is 4.90 Å². The van der Waals surface area contributed by atoms with E-state index in [2.05, 4.69) is 24.0 Å². The third-order valence-electron chi connectivity index (χ3n) is 4.51. The molecule has 1 aromatic carbocycles. The maximum Gasteiger partial charge on any atom is 0.126 e. The van der Waals surface area contributed by atoms with Crippen molar-refractivity contribution in [2.75, 3.05) is 26.3 Å². The Balaban J connectivity index is 1.93. The van der Waals surface area contributed by atoms with E-state index in [0.29, 0.717) is 18.6 Å². The average Bonchev–Trinajstić information content (AvgIpc) is 2.48. The summed E-state index contributed by atoms with van der Waals surface area (Å²) in [6.45, 7) is 8.23. The fourth-order valence-electron chi connectivity index (χ4n) is 3.72. The predicted octanol–water partition coefficient (Wildman–Crippen LogP) is 3.44. The molecule has 1 saturated heterocycles. The predicted molar refractivity (Wildman–Crippen MR) is 80.7 cm³/mol. The molecule has 0 aromatic heterocycles. The minimum absolute atomic E-state index is 0.526. The van der Waals surface area contributed by atoms with Crippen LogP contribution in [-0.4, -0.2) is 37.2 Å². The van der Waals surface area contributed by atoms with Crippen LogP contribution in [0.2, 0.25) is 0 Å². The third-order valence-corrected chi connectivity index (χ3v) is 4.51. The van der Waals surface area contributed by atoms with Crippen LogP contribution in [0.3, 0.4) is 0 Å². The van der Waals surface area contributed by atoms with E-state index < -0.39 is 0 Å². The van der Waals surface area contributed by atoms with Crippen molar-refractivity contribution in [2.24, 2.45) is 0 Å². The first-order chi connectivity index (χ1) is 9.85. The van der Waals surface area contributed by atoms with Gasteiger partial charge in [0.25, 0.3) is 0 Å². The molecule has 20 heavy (non-hydrogen) atoms. The first-order valence-corrected chi connectivity index (χ1v) is 7.97. The summed E-state index contributed by atoms with van der Waals surface area (Å²) in [6.07, 6.45) is 3.75. The Kier molecular flexibility index (Phi) is 4.16. The Labute approximate surface area is 121 Å². The molecule has 2 aliphatic rings. The van der Waals surface area contributed by atoms with E-state index >= 15 is 0 Å². The molecule has 0 radical (unpaired) electrons. The Bertz CT molecular complexity index is 458. The van der Waals surface area contributed by atoms with Gasteiger partial charge < -0.3 is 9.47 Å². The lowest BCUT2D eigenvalue weighted by Gasteiger charge is -2.44. The smallest absolute Gasteiger partial charge is 0.126 e. The first-order valence-electron chi connectivity index (χ1n) is 7.97. The van der Waals surface area contributed by atoms with E-state index in [1.54, 1.807) is 0 Å². The van der Waals surface area contributed by atoms with Gasteiger partial charge >= 0.3 is 0 Å². The number of ether oxygens (including phenoxy) is 2. The third kappa shape index (κ3) is 2.39. The molecule has 0 amide bonds. The Hall–Kier alpha value is -1.22. The summed E-state index contributed by atoms with van der Waals surface area (Å²) in [5.74, 6) is 2.63. The van der Waals surface area contributed by atoms with Gasteiger partial charge in [-0.1, -0.05) is 13.0 Å². The van der Waals surface area contributed by atoms with Gasteiger partial charge in [-0.2, -0.15) is 0 Å². The van der Waals surface area contributed by atoms with E-state index in [9.17, 15) is 0 Å². The summed E-state index contributed by atoms with van der Waals surface area (Å²) in [4.78, 5) is 2.61. The van der Waals surface area contributed by atoms with Crippen LogP contribution in [0, 0.1) is 0 Å². The number of fused-ring (bicyclic) bond motifs is 3. The van der Waals surface area contributed by atoms with Crippen LogP contribution in [0.4, 0.5) is 0 Å². The molecule has 2 aliphatic heterocycles. The molecule has 0 saturated carbocycles. The topological polar surface area (TPSA) is 21.7 Å². The van der Waals surface area contributed by atoms with Gasteiger partial charge in [-0.05, 0) is 51.4 Å². The van der Waals surface area contributed by atoms with Gasteiger partial charge in [-0.25, -0.2) is 0 Å². The van der Waals surface area contributed by atoms with Gasteiger partial charge in [-0.3, -0.25) is 4.90 Å². The van der Waals surface area contributed by atoms with E-state index in [4.69, 9.17) is 9.47 Å². The van der Waals surface area contributed by atoms with Crippen LogP contribution in [-0.2, 0) is 0 Å². The van der Waals surface area contributed by atoms with Gasteiger partial charge in [0.1, 0.15) is 18.1 Å². The van der Waals surface area contributed by atoms with Gasteiger partial charge in [0.2, 0.25) is 0 Å². The largest absolute Gasteiger partial charge is 0.493 e. The quantitative estimate of drug-likeness (QED) is 0.840. The molecule has 110 valence electrons. The zero-order valence-electron chi connectivity index (χ0n) is 12.6. The van der Waals surface area contributed by atoms with Gasteiger partial charge in [0.05, 0.1) is 12.6 Å². The maximum atomic E-state index is 6.03. The van der Waals surface area contributed by atoms with Crippen LogP contribution in [0.25, 0.3) is 0 Å². The zero-order valence-corrected chi connectivity index (χ0v) is 12.6. The maximum absolute atomic E-state index is 6.03. The van der Waals surface area contributed by atoms with Gasteiger partial charge in [0.15, 0.2) is 0 Å². The molecule has 2 atom stereocenters. The molecule has 1 aromatic rings. The Morgan fingerprint density at radius 2 is 2.25 bits per heavy atom. The van der Waals surface area contributed by atoms with Gasteiger partial charge in [0, 0.05) is 11.5 Å². The highest BCUT2D eigenvalue weighted by Crippen LogP contribution is 2.45. The van der Waals surface area contributed by atoms with E-state index in [1.165, 1.54) is 37.9 Å². The van der Waals surface area contributed by atoms with Crippen LogP contribution in [0.15, 0.2) is 18.2 Å². The van der Waals surface area contributed by atoms with Crippen LogP contribution in [0.1, 0.15) is 44.6 Å². The second kappa shape index (κ2) is 6.04. The number of hydrogen-bond donors (Lipinski definition) is 0. The van der Waals surface area contributed by atoms with Crippen molar-refractivity contribution >= 4 is 0 Å². The Morgan fingerprint density at radius 3 is 3.05 bits per heavy atom. The fraction of sp³-hybridized carbons (Fsp3) is 0.647.